The SMILES string of the molecule is CC(C)(C)c1ccc(C(O)Cc2ccccn2)s1. The molecule has 0 aromatic carbocycles. The van der Waals surface area contributed by atoms with E-state index in [0.717, 1.165) is 10.6 Å². The van der Waals surface area contributed by atoms with Gasteiger partial charge in [0.2, 0.25) is 0 Å². The van der Waals surface area contributed by atoms with Gasteiger partial charge in [-0.1, -0.05) is 26.8 Å². The van der Waals surface area contributed by atoms with Crippen LogP contribution in [0.3, 0.4) is 0 Å². The lowest BCUT2D eigenvalue weighted by Gasteiger charge is -2.15. The zero-order chi connectivity index (χ0) is 13.2. The lowest BCUT2D eigenvalue weighted by molar-refractivity contribution is 0.181. The number of nitrogens with zero attached hydrogens (tertiary/aromatic N) is 1. The van der Waals surface area contributed by atoms with Gasteiger partial charge in [-0.25, -0.2) is 0 Å². The number of rotatable bonds is 3. The quantitative estimate of drug-likeness (QED) is 0.913. The molecule has 1 atom stereocenters. The van der Waals surface area contributed by atoms with Crippen molar-refractivity contribution in [1.29, 1.82) is 0 Å². The number of hydrogen-bond donors (Lipinski definition) is 1. The molecule has 0 fully saturated rings. The molecule has 0 saturated carbocycles. The van der Waals surface area contributed by atoms with Crippen LogP contribution in [-0.2, 0) is 11.8 Å². The molecule has 96 valence electrons. The van der Waals surface area contributed by atoms with Crippen LogP contribution in [0.25, 0.3) is 0 Å². The average molecular weight is 261 g/mol. The first-order chi connectivity index (χ1) is 8.47. The molecule has 2 aromatic heterocycles. The maximum atomic E-state index is 10.2. The minimum Gasteiger partial charge on any atom is -0.387 e. The second-order valence-corrected chi connectivity index (χ2v) is 6.61. The monoisotopic (exact) mass is 261 g/mol. The third kappa shape index (κ3) is 3.18. The smallest absolute Gasteiger partial charge is 0.0937 e. The molecule has 0 aliphatic carbocycles. The number of aliphatic hydroxyl groups is 1. The van der Waals surface area contributed by atoms with E-state index in [0.29, 0.717) is 6.42 Å². The maximum Gasteiger partial charge on any atom is 0.0937 e. The molecule has 2 nitrogen and oxygen atoms in total. The third-order valence-electron chi connectivity index (χ3n) is 2.82. The fourth-order valence-electron chi connectivity index (χ4n) is 1.75. The van der Waals surface area contributed by atoms with Gasteiger partial charge in [-0.3, -0.25) is 4.98 Å². The first kappa shape index (κ1) is 13.2. The summed E-state index contributed by atoms with van der Waals surface area (Å²) in [6, 6.07) is 9.92. The minimum atomic E-state index is -0.457. The van der Waals surface area contributed by atoms with Gasteiger partial charge in [0.05, 0.1) is 6.10 Å². The molecule has 0 aliphatic rings. The summed E-state index contributed by atoms with van der Waals surface area (Å²) in [5.41, 5.74) is 1.07. The Morgan fingerprint density at radius 1 is 1.22 bits per heavy atom. The highest BCUT2D eigenvalue weighted by atomic mass is 32.1. The van der Waals surface area contributed by atoms with Crippen LogP contribution in [0.15, 0.2) is 36.5 Å². The van der Waals surface area contributed by atoms with Crippen LogP contribution in [0.2, 0.25) is 0 Å². The molecule has 2 rings (SSSR count). The van der Waals surface area contributed by atoms with E-state index in [4.69, 9.17) is 0 Å². The van der Waals surface area contributed by atoms with Crippen LogP contribution in [0, 0.1) is 0 Å². The molecule has 0 saturated heterocycles. The van der Waals surface area contributed by atoms with Crippen molar-refractivity contribution < 1.29 is 5.11 Å². The Bertz CT molecular complexity index is 499. The van der Waals surface area contributed by atoms with Crippen molar-refractivity contribution in [2.45, 2.75) is 38.7 Å². The summed E-state index contributed by atoms with van der Waals surface area (Å²) in [5, 5.41) is 10.2. The Hall–Kier alpha value is -1.19. The first-order valence-electron chi connectivity index (χ1n) is 6.15. The fraction of sp³-hybridized carbons (Fsp3) is 0.400. The third-order valence-corrected chi connectivity index (χ3v) is 4.44. The zero-order valence-electron chi connectivity index (χ0n) is 11.1. The van der Waals surface area contributed by atoms with E-state index in [1.165, 1.54) is 4.88 Å². The molecule has 0 aliphatic heterocycles. The molecule has 0 spiro atoms. The van der Waals surface area contributed by atoms with Crippen molar-refractivity contribution in [3.8, 4) is 0 Å². The van der Waals surface area contributed by atoms with Crippen LogP contribution < -0.4 is 0 Å². The summed E-state index contributed by atoms with van der Waals surface area (Å²) in [7, 11) is 0. The van der Waals surface area contributed by atoms with Gasteiger partial charge in [-0.2, -0.15) is 0 Å². The highest BCUT2D eigenvalue weighted by Gasteiger charge is 2.19. The van der Waals surface area contributed by atoms with Crippen molar-refractivity contribution in [3.63, 3.8) is 0 Å². The number of aliphatic hydroxyl groups excluding tert-OH is 1. The second kappa shape index (κ2) is 5.21. The van der Waals surface area contributed by atoms with Crippen LogP contribution in [0.4, 0.5) is 0 Å². The maximum absolute atomic E-state index is 10.2. The van der Waals surface area contributed by atoms with Crippen molar-refractivity contribution in [3.05, 3.63) is 52.0 Å². The molecule has 3 heteroatoms. The Morgan fingerprint density at radius 2 is 2.00 bits per heavy atom. The predicted octanol–water partition coefficient (Wildman–Crippen LogP) is 3.72. The van der Waals surface area contributed by atoms with Gasteiger partial charge in [0.25, 0.3) is 0 Å². The lowest BCUT2D eigenvalue weighted by Crippen LogP contribution is -2.08. The molecule has 18 heavy (non-hydrogen) atoms. The molecule has 0 radical (unpaired) electrons. The van der Waals surface area contributed by atoms with Gasteiger partial charge in [-0.05, 0) is 29.7 Å². The van der Waals surface area contributed by atoms with E-state index in [-0.39, 0.29) is 5.41 Å². The largest absolute Gasteiger partial charge is 0.387 e. The normalized spacial score (nSPS) is 13.6. The Morgan fingerprint density at radius 3 is 2.56 bits per heavy atom. The van der Waals surface area contributed by atoms with E-state index >= 15 is 0 Å². The summed E-state index contributed by atoms with van der Waals surface area (Å²) in [6.07, 6.45) is 1.88. The van der Waals surface area contributed by atoms with Gasteiger partial charge in [0.1, 0.15) is 0 Å². The second-order valence-electron chi connectivity index (χ2n) is 5.49. The Kier molecular flexibility index (Phi) is 3.83. The number of thiophene rings is 1. The van der Waals surface area contributed by atoms with Crippen molar-refractivity contribution in [2.24, 2.45) is 0 Å². The molecular weight excluding hydrogens is 242 g/mol. The molecule has 0 amide bonds. The topological polar surface area (TPSA) is 33.1 Å². The summed E-state index contributed by atoms with van der Waals surface area (Å²) in [4.78, 5) is 6.57. The Balaban J connectivity index is 2.10. The zero-order valence-corrected chi connectivity index (χ0v) is 11.9. The average Bonchev–Trinajstić information content (AvgIpc) is 2.79. The molecule has 0 bridgehead atoms. The minimum absolute atomic E-state index is 0.146. The summed E-state index contributed by atoms with van der Waals surface area (Å²) < 4.78 is 0. The van der Waals surface area contributed by atoms with E-state index in [2.05, 4.69) is 31.8 Å². The van der Waals surface area contributed by atoms with Gasteiger partial charge >= 0.3 is 0 Å². The summed E-state index contributed by atoms with van der Waals surface area (Å²) >= 11 is 1.69. The molecule has 2 heterocycles. The summed E-state index contributed by atoms with van der Waals surface area (Å²) in [6.45, 7) is 6.56. The number of pyridine rings is 1. The molecular formula is C15H19NOS. The van der Waals surface area contributed by atoms with Gasteiger partial charge in [-0.15, -0.1) is 11.3 Å². The Labute approximate surface area is 112 Å². The number of hydrogen-bond acceptors (Lipinski definition) is 3. The lowest BCUT2D eigenvalue weighted by atomic mass is 9.95. The highest BCUT2D eigenvalue weighted by Crippen LogP contribution is 2.33. The van der Waals surface area contributed by atoms with E-state index in [1.54, 1.807) is 17.5 Å². The van der Waals surface area contributed by atoms with Crippen LogP contribution >= 0.6 is 11.3 Å². The molecule has 1 N–H and O–H groups in total. The fourth-order valence-corrected chi connectivity index (χ4v) is 2.80. The van der Waals surface area contributed by atoms with E-state index < -0.39 is 6.10 Å². The number of aromatic nitrogens is 1. The highest BCUT2D eigenvalue weighted by molar-refractivity contribution is 7.12. The summed E-state index contributed by atoms with van der Waals surface area (Å²) in [5.74, 6) is 0. The molecule has 2 aromatic rings. The van der Waals surface area contributed by atoms with Crippen molar-refractivity contribution in [2.75, 3.05) is 0 Å². The standard InChI is InChI=1S/C15H19NOS/c1-15(2,3)14-8-7-13(18-14)12(17)10-11-6-4-5-9-16-11/h4-9,12,17H,10H2,1-3H3. The van der Waals surface area contributed by atoms with Crippen LogP contribution in [0.1, 0.15) is 42.3 Å². The van der Waals surface area contributed by atoms with Gasteiger partial charge < -0.3 is 5.11 Å². The van der Waals surface area contributed by atoms with Crippen molar-refractivity contribution >= 4 is 11.3 Å². The van der Waals surface area contributed by atoms with Gasteiger partial charge in [0, 0.05) is 28.1 Å². The van der Waals surface area contributed by atoms with Crippen LogP contribution in [0.5, 0.6) is 0 Å². The molecule has 1 unspecified atom stereocenters. The van der Waals surface area contributed by atoms with Crippen molar-refractivity contribution in [1.82, 2.24) is 4.98 Å². The first-order valence-corrected chi connectivity index (χ1v) is 6.96. The van der Waals surface area contributed by atoms with E-state index in [1.807, 2.05) is 24.3 Å². The van der Waals surface area contributed by atoms with E-state index in [9.17, 15) is 5.11 Å². The van der Waals surface area contributed by atoms with Crippen LogP contribution in [-0.4, -0.2) is 10.1 Å². The predicted molar refractivity (Wildman–Crippen MR) is 75.9 cm³/mol. The van der Waals surface area contributed by atoms with Gasteiger partial charge in [0.15, 0.2) is 0 Å².